The fraction of sp³-hybridized carbons (Fsp3) is 0.357. The lowest BCUT2D eigenvalue weighted by Gasteiger charge is -2.10. The van der Waals surface area contributed by atoms with Gasteiger partial charge in [-0.2, -0.15) is 0 Å². The number of rotatable bonds is 5. The highest BCUT2D eigenvalue weighted by Gasteiger charge is 2.16. The zero-order valence-electron chi connectivity index (χ0n) is 12.4. The lowest BCUT2D eigenvalue weighted by atomic mass is 10.2. The van der Waals surface area contributed by atoms with Crippen molar-refractivity contribution in [2.24, 2.45) is 0 Å². The molecule has 7 nitrogen and oxygen atoms in total. The number of hydrogen-bond acceptors (Lipinski definition) is 5. The molecule has 0 atom stereocenters. The van der Waals surface area contributed by atoms with Crippen LogP contribution in [0.15, 0.2) is 18.2 Å². The molecule has 0 fully saturated rings. The largest absolute Gasteiger partial charge is 0.497 e. The second kappa shape index (κ2) is 7.96. The van der Waals surface area contributed by atoms with Crippen LogP contribution in [0.3, 0.4) is 0 Å². The van der Waals surface area contributed by atoms with E-state index in [0.717, 1.165) is 6.07 Å². The van der Waals surface area contributed by atoms with Gasteiger partial charge in [0.25, 0.3) is 5.91 Å². The van der Waals surface area contributed by atoms with Gasteiger partial charge in [-0.05, 0) is 26.0 Å². The fourth-order valence-corrected chi connectivity index (χ4v) is 1.46. The predicted molar refractivity (Wildman–Crippen MR) is 75.0 cm³/mol. The molecule has 2 N–H and O–H groups in total. The molecule has 1 aromatic rings. The average molecular weight is 312 g/mol. The maximum Gasteiger partial charge on any atom is 0.341 e. The first-order chi connectivity index (χ1) is 10.3. The first-order valence-corrected chi connectivity index (χ1v) is 6.44. The van der Waals surface area contributed by atoms with Crippen LogP contribution in [0.1, 0.15) is 24.2 Å². The van der Waals surface area contributed by atoms with Crippen molar-refractivity contribution in [3.63, 3.8) is 0 Å². The molecule has 0 aromatic heterocycles. The van der Waals surface area contributed by atoms with Crippen LogP contribution in [0.25, 0.3) is 0 Å². The van der Waals surface area contributed by atoms with Crippen molar-refractivity contribution in [3.8, 4) is 5.75 Å². The molecule has 0 aliphatic heterocycles. The van der Waals surface area contributed by atoms with Crippen molar-refractivity contribution in [2.45, 2.75) is 19.9 Å². The molecule has 3 amide bonds. The summed E-state index contributed by atoms with van der Waals surface area (Å²) >= 11 is 0. The van der Waals surface area contributed by atoms with E-state index < -0.39 is 30.3 Å². The van der Waals surface area contributed by atoms with Crippen LogP contribution in [0, 0.1) is 5.82 Å². The minimum Gasteiger partial charge on any atom is -0.497 e. The Morgan fingerprint density at radius 3 is 2.50 bits per heavy atom. The summed E-state index contributed by atoms with van der Waals surface area (Å²) in [6, 6.07) is 2.73. The van der Waals surface area contributed by atoms with Gasteiger partial charge in [0, 0.05) is 12.1 Å². The van der Waals surface area contributed by atoms with E-state index in [9.17, 15) is 18.8 Å². The standard InChI is InChI=1S/C14H17FN2O5/c1-8(2)16-14(20)17-12(18)7-22-13(19)10-5-4-9(21-3)6-11(10)15/h4-6,8H,7H2,1-3H3,(H2,16,17,18,20). The summed E-state index contributed by atoms with van der Waals surface area (Å²) < 4.78 is 23.1. The topological polar surface area (TPSA) is 93.7 Å². The van der Waals surface area contributed by atoms with Gasteiger partial charge in [-0.1, -0.05) is 0 Å². The smallest absolute Gasteiger partial charge is 0.341 e. The van der Waals surface area contributed by atoms with Gasteiger partial charge in [-0.3, -0.25) is 10.1 Å². The number of amides is 3. The Morgan fingerprint density at radius 1 is 1.27 bits per heavy atom. The van der Waals surface area contributed by atoms with Gasteiger partial charge >= 0.3 is 12.0 Å². The van der Waals surface area contributed by atoms with Gasteiger partial charge in [0.15, 0.2) is 6.61 Å². The molecule has 0 aliphatic carbocycles. The Kier molecular flexibility index (Phi) is 6.30. The molecule has 0 bridgehead atoms. The molecule has 0 unspecified atom stereocenters. The predicted octanol–water partition coefficient (Wildman–Crippen LogP) is 1.23. The van der Waals surface area contributed by atoms with Crippen LogP contribution in [-0.2, 0) is 9.53 Å². The van der Waals surface area contributed by atoms with Crippen LogP contribution in [0.5, 0.6) is 5.75 Å². The number of halogens is 1. The Balaban J connectivity index is 2.52. The number of methoxy groups -OCH3 is 1. The second-order valence-electron chi connectivity index (χ2n) is 4.60. The second-order valence-corrected chi connectivity index (χ2v) is 4.60. The van der Waals surface area contributed by atoms with E-state index in [1.165, 1.54) is 19.2 Å². The number of nitrogens with one attached hydrogen (secondary N) is 2. The molecule has 0 saturated carbocycles. The van der Waals surface area contributed by atoms with E-state index in [4.69, 9.17) is 4.74 Å². The zero-order chi connectivity index (χ0) is 16.7. The number of carbonyl (C=O) groups is 3. The maximum atomic E-state index is 13.6. The summed E-state index contributed by atoms with van der Waals surface area (Å²) in [6.45, 7) is 2.74. The molecule has 0 radical (unpaired) electrons. The molecular weight excluding hydrogens is 295 g/mol. The number of urea groups is 1. The van der Waals surface area contributed by atoms with Crippen LogP contribution in [0.2, 0.25) is 0 Å². The summed E-state index contributed by atoms with van der Waals surface area (Å²) in [5, 5.41) is 4.40. The number of carbonyl (C=O) groups excluding carboxylic acids is 3. The van der Waals surface area contributed by atoms with E-state index in [-0.39, 0.29) is 17.4 Å². The van der Waals surface area contributed by atoms with Crippen molar-refractivity contribution in [3.05, 3.63) is 29.6 Å². The van der Waals surface area contributed by atoms with Gasteiger partial charge in [0.1, 0.15) is 11.6 Å². The summed E-state index contributed by atoms with van der Waals surface area (Å²) in [5.74, 6) is -2.42. The first kappa shape index (κ1) is 17.4. The SMILES string of the molecule is COc1ccc(C(=O)OCC(=O)NC(=O)NC(C)C)c(F)c1. The molecule has 0 heterocycles. The monoisotopic (exact) mass is 312 g/mol. The minimum atomic E-state index is -1.01. The number of imide groups is 1. The van der Waals surface area contributed by atoms with Crippen molar-refractivity contribution in [1.29, 1.82) is 0 Å². The van der Waals surface area contributed by atoms with Crippen LogP contribution >= 0.6 is 0 Å². The summed E-state index contributed by atoms with van der Waals surface area (Å²) in [7, 11) is 1.36. The first-order valence-electron chi connectivity index (χ1n) is 6.44. The molecule has 0 spiro atoms. The lowest BCUT2D eigenvalue weighted by molar-refractivity contribution is -0.123. The third kappa shape index (κ3) is 5.39. The highest BCUT2D eigenvalue weighted by atomic mass is 19.1. The Labute approximate surface area is 126 Å². The van der Waals surface area contributed by atoms with E-state index in [1.807, 2.05) is 5.32 Å². The zero-order valence-corrected chi connectivity index (χ0v) is 12.4. The summed E-state index contributed by atoms with van der Waals surface area (Å²) in [4.78, 5) is 34.3. The van der Waals surface area contributed by atoms with Crippen LogP contribution < -0.4 is 15.4 Å². The van der Waals surface area contributed by atoms with E-state index in [2.05, 4.69) is 10.1 Å². The average Bonchev–Trinajstić information content (AvgIpc) is 2.43. The molecular formula is C14H17FN2O5. The van der Waals surface area contributed by atoms with E-state index in [0.29, 0.717) is 0 Å². The number of benzene rings is 1. The number of esters is 1. The minimum absolute atomic E-state index is 0.149. The lowest BCUT2D eigenvalue weighted by Crippen LogP contribution is -2.44. The van der Waals surface area contributed by atoms with Crippen LogP contribution in [-0.4, -0.2) is 37.7 Å². The Hall–Kier alpha value is -2.64. The van der Waals surface area contributed by atoms with Gasteiger partial charge < -0.3 is 14.8 Å². The van der Waals surface area contributed by atoms with Crippen molar-refractivity contribution < 1.29 is 28.2 Å². The number of ether oxygens (including phenoxy) is 2. The molecule has 1 aromatic carbocycles. The molecule has 0 aliphatic rings. The highest BCUT2D eigenvalue weighted by Crippen LogP contribution is 2.16. The highest BCUT2D eigenvalue weighted by molar-refractivity contribution is 5.97. The fourth-order valence-electron chi connectivity index (χ4n) is 1.46. The summed E-state index contributed by atoms with van der Waals surface area (Å²) in [5.41, 5.74) is -0.333. The quantitative estimate of drug-likeness (QED) is 0.798. The van der Waals surface area contributed by atoms with Crippen LogP contribution in [0.4, 0.5) is 9.18 Å². The van der Waals surface area contributed by atoms with Gasteiger partial charge in [0.2, 0.25) is 0 Å². The van der Waals surface area contributed by atoms with Gasteiger partial charge in [-0.25, -0.2) is 14.0 Å². The Morgan fingerprint density at radius 2 is 1.95 bits per heavy atom. The van der Waals surface area contributed by atoms with Gasteiger partial charge in [-0.15, -0.1) is 0 Å². The van der Waals surface area contributed by atoms with Crippen molar-refractivity contribution in [1.82, 2.24) is 10.6 Å². The summed E-state index contributed by atoms with van der Waals surface area (Å²) in [6.07, 6.45) is 0. The van der Waals surface area contributed by atoms with Crippen molar-refractivity contribution in [2.75, 3.05) is 13.7 Å². The third-order valence-electron chi connectivity index (χ3n) is 2.40. The third-order valence-corrected chi connectivity index (χ3v) is 2.40. The van der Waals surface area contributed by atoms with E-state index in [1.54, 1.807) is 13.8 Å². The molecule has 1 rings (SSSR count). The van der Waals surface area contributed by atoms with Crippen molar-refractivity contribution >= 4 is 17.9 Å². The normalized spacial score (nSPS) is 10.0. The molecule has 8 heteroatoms. The van der Waals surface area contributed by atoms with Gasteiger partial charge in [0.05, 0.1) is 12.7 Å². The Bertz CT molecular complexity index is 574. The van der Waals surface area contributed by atoms with E-state index >= 15 is 0 Å². The molecule has 0 saturated heterocycles. The molecule has 22 heavy (non-hydrogen) atoms. The maximum absolute atomic E-state index is 13.6. The molecule has 120 valence electrons. The number of hydrogen-bond donors (Lipinski definition) is 2.